The van der Waals surface area contributed by atoms with Gasteiger partial charge in [-0.3, -0.25) is 0 Å². The maximum Gasteiger partial charge on any atom is 0.102 e. The Labute approximate surface area is 552 Å². The molecular formula is C76H136N12O2. The Morgan fingerprint density at radius 2 is 0.611 bits per heavy atom. The number of nitrogens with zero attached hydrogens (tertiary/aromatic N) is 8. The van der Waals surface area contributed by atoms with Gasteiger partial charge in [0.25, 0.3) is 0 Å². The van der Waals surface area contributed by atoms with Crippen molar-refractivity contribution in [2.24, 2.45) is 5.92 Å². The highest BCUT2D eigenvalue weighted by molar-refractivity contribution is 5.14. The maximum atomic E-state index is 5.52. The summed E-state index contributed by atoms with van der Waals surface area (Å²) >= 11 is 0. The van der Waals surface area contributed by atoms with Gasteiger partial charge in [0.15, 0.2) is 0 Å². The van der Waals surface area contributed by atoms with Crippen molar-refractivity contribution in [1.29, 1.82) is 0 Å². The van der Waals surface area contributed by atoms with Crippen LogP contribution in [0.15, 0.2) is 99.2 Å². The first-order valence-corrected chi connectivity index (χ1v) is 37.5. The van der Waals surface area contributed by atoms with E-state index >= 15 is 0 Å². The van der Waals surface area contributed by atoms with E-state index in [0.29, 0.717) is 48.3 Å². The molecule has 0 bridgehead atoms. The topological polar surface area (TPSA) is 92.5 Å². The molecule has 6 saturated carbocycles. The van der Waals surface area contributed by atoms with Crippen molar-refractivity contribution in [2.45, 2.75) is 301 Å². The smallest absolute Gasteiger partial charge is 0.102 e. The molecule has 10 fully saturated rings. The molecule has 512 valence electrons. The zero-order valence-corrected chi connectivity index (χ0v) is 58.8. The fourth-order valence-electron chi connectivity index (χ4n) is 16.1. The summed E-state index contributed by atoms with van der Waals surface area (Å²) in [5.74, 6) is 9.60. The van der Waals surface area contributed by atoms with Crippen LogP contribution in [0.2, 0.25) is 0 Å². The van der Waals surface area contributed by atoms with E-state index in [4.69, 9.17) is 9.47 Å². The molecule has 0 aromatic rings. The Morgan fingerprint density at radius 1 is 0.333 bits per heavy atom. The largest absolute Gasteiger partial charge is 0.378 e. The lowest BCUT2D eigenvalue weighted by Crippen LogP contribution is -2.49. The Morgan fingerprint density at radius 3 is 0.911 bits per heavy atom. The SMILES string of the molecule is C=C(NC(C)C)N(C(=C)N1CCOCC1)C(C)C.C=C(NC1CCCCC1)N(C(=C)N1CCC(C)CC1)C1CCCCC1.C=C(NC1CCCCC1)N(C(=C)N1CCCC1)C1CCCCC1.C=C(NC1CCCCC1)N(C(=C)N1CCOCC1)C1CCCCC1. The van der Waals surface area contributed by atoms with Crippen LogP contribution in [-0.2, 0) is 9.47 Å². The lowest BCUT2D eigenvalue weighted by molar-refractivity contribution is 0.0337. The normalized spacial score (nSPS) is 22.3. The van der Waals surface area contributed by atoms with Crippen LogP contribution in [-0.4, -0.2) is 166 Å². The van der Waals surface area contributed by atoms with Crippen molar-refractivity contribution in [1.82, 2.24) is 60.5 Å². The molecule has 4 aliphatic heterocycles. The molecule has 0 aromatic heterocycles. The average molecular weight is 1250 g/mol. The molecule has 90 heavy (non-hydrogen) atoms. The van der Waals surface area contributed by atoms with Gasteiger partial charge < -0.3 is 69.9 Å². The third-order valence-corrected chi connectivity index (χ3v) is 21.4. The lowest BCUT2D eigenvalue weighted by Gasteiger charge is -2.45. The third-order valence-electron chi connectivity index (χ3n) is 21.4. The minimum atomic E-state index is 0.332. The van der Waals surface area contributed by atoms with Gasteiger partial charge in [-0.1, -0.05) is 175 Å². The molecule has 14 heteroatoms. The molecule has 4 saturated heterocycles. The summed E-state index contributed by atoms with van der Waals surface area (Å²) in [6, 6.07) is 4.27. The highest BCUT2D eigenvalue weighted by Gasteiger charge is 2.33. The minimum Gasteiger partial charge on any atom is -0.378 e. The molecule has 0 atom stereocenters. The molecular weight excluding hydrogens is 1110 g/mol. The monoisotopic (exact) mass is 1250 g/mol. The van der Waals surface area contributed by atoms with Gasteiger partial charge in [0, 0.05) is 101 Å². The quantitative estimate of drug-likeness (QED) is 0.0739. The van der Waals surface area contributed by atoms with Crippen LogP contribution < -0.4 is 21.3 Å². The van der Waals surface area contributed by atoms with E-state index in [0.717, 1.165) is 107 Å². The lowest BCUT2D eigenvalue weighted by atomic mass is 9.93. The van der Waals surface area contributed by atoms with Gasteiger partial charge in [0.1, 0.15) is 23.3 Å². The number of likely N-dealkylation sites (tertiary alicyclic amines) is 2. The van der Waals surface area contributed by atoms with Crippen LogP contribution in [0.4, 0.5) is 0 Å². The maximum absolute atomic E-state index is 5.52. The van der Waals surface area contributed by atoms with E-state index in [1.165, 1.54) is 243 Å². The minimum absolute atomic E-state index is 0.332. The van der Waals surface area contributed by atoms with Gasteiger partial charge in [-0.05, 0) is 136 Å². The second-order valence-corrected chi connectivity index (χ2v) is 29.2. The number of nitrogens with one attached hydrogen (secondary N) is 4. The Bertz CT molecular complexity index is 2150. The molecule has 0 aromatic carbocycles. The molecule has 14 nitrogen and oxygen atoms in total. The summed E-state index contributed by atoms with van der Waals surface area (Å²) in [6.45, 7) is 57.6. The molecule has 0 radical (unpaired) electrons. The van der Waals surface area contributed by atoms with Crippen LogP contribution in [0.3, 0.4) is 0 Å². The van der Waals surface area contributed by atoms with Crippen LogP contribution in [0.1, 0.15) is 253 Å². The second kappa shape index (κ2) is 39.2. The van der Waals surface area contributed by atoms with Gasteiger partial charge in [-0.25, -0.2) is 0 Å². The van der Waals surface area contributed by atoms with Crippen molar-refractivity contribution >= 4 is 0 Å². The molecule has 0 spiro atoms. The van der Waals surface area contributed by atoms with Gasteiger partial charge in [0.2, 0.25) is 0 Å². The highest BCUT2D eigenvalue weighted by atomic mass is 16.5. The third kappa shape index (κ3) is 23.2. The predicted molar refractivity (Wildman–Crippen MR) is 380 cm³/mol. The Kier molecular flexibility index (Phi) is 31.7. The van der Waals surface area contributed by atoms with E-state index in [-0.39, 0.29) is 0 Å². The molecule has 10 aliphatic rings. The number of ether oxygens (including phenoxy) is 2. The van der Waals surface area contributed by atoms with E-state index in [9.17, 15) is 0 Å². The first-order valence-electron chi connectivity index (χ1n) is 37.5. The van der Waals surface area contributed by atoms with E-state index in [1.807, 2.05) is 0 Å². The molecule has 0 unspecified atom stereocenters. The van der Waals surface area contributed by atoms with Crippen molar-refractivity contribution < 1.29 is 9.47 Å². The van der Waals surface area contributed by atoms with Crippen molar-refractivity contribution in [2.75, 3.05) is 78.8 Å². The molecule has 6 aliphatic carbocycles. The van der Waals surface area contributed by atoms with E-state index < -0.39 is 0 Å². The van der Waals surface area contributed by atoms with Crippen LogP contribution >= 0.6 is 0 Å². The Hall–Kier alpha value is -4.56. The zero-order chi connectivity index (χ0) is 64.2. The second-order valence-electron chi connectivity index (χ2n) is 29.2. The van der Waals surface area contributed by atoms with E-state index in [1.54, 1.807) is 0 Å². The summed E-state index contributed by atoms with van der Waals surface area (Å²) in [6.07, 6.45) is 45.2. The zero-order valence-electron chi connectivity index (χ0n) is 58.8. The Balaban J connectivity index is 0.000000172. The molecule has 10 rings (SSSR count). The standard InChI is InChI=1S/C22H39N3.C20H35N3O.C20H35N3.C14H27N3O/c1-18-14-16-24(17-15-18)20(3)25(22-12-8-5-9-13-22)19(2)23-21-10-6-4-7-11-21;1-17(21-19-9-5-3-6-10-19)23(20-11-7-4-8-12-20)18(2)22-13-15-24-16-14-22;1-17(21-19-11-5-3-6-12-19)23(20-13-7-4-8-14-20)18(2)22-15-9-10-16-22;1-11(2)15-13(5)17(12(3)4)14(6)16-7-9-18-10-8-16/h18,21-23H,2-17H2,1H3;19-21H,1-16H2;19-21H,1-16H2;11-12,15H,5-10H2,1-4H3. The van der Waals surface area contributed by atoms with Gasteiger partial charge >= 0.3 is 0 Å². The average Bonchev–Trinajstić information content (AvgIpc) is 1.43. The van der Waals surface area contributed by atoms with Crippen molar-refractivity contribution in [3.05, 3.63) is 99.2 Å². The van der Waals surface area contributed by atoms with Crippen molar-refractivity contribution in [3.8, 4) is 0 Å². The van der Waals surface area contributed by atoms with Gasteiger partial charge in [0.05, 0.1) is 49.7 Å². The summed E-state index contributed by atoms with van der Waals surface area (Å²) < 4.78 is 10.9. The number of rotatable bonds is 24. The van der Waals surface area contributed by atoms with Crippen molar-refractivity contribution in [3.63, 3.8) is 0 Å². The first-order chi connectivity index (χ1) is 43.6. The predicted octanol–water partition coefficient (Wildman–Crippen LogP) is 15.6. The van der Waals surface area contributed by atoms with Gasteiger partial charge in [-0.2, -0.15) is 0 Å². The summed E-state index contributed by atoms with van der Waals surface area (Å²) in [7, 11) is 0. The molecule has 0 amide bonds. The summed E-state index contributed by atoms with van der Waals surface area (Å²) in [5, 5.41) is 14.7. The fraction of sp³-hybridized carbons (Fsp3) is 0.789. The van der Waals surface area contributed by atoms with E-state index in [2.05, 4.69) is 148 Å². The number of morpholine rings is 2. The number of hydrogen-bond donors (Lipinski definition) is 4. The first kappa shape index (κ1) is 72.9. The number of piperidine rings is 1. The van der Waals surface area contributed by atoms with Crippen LogP contribution in [0.5, 0.6) is 0 Å². The fourth-order valence-corrected chi connectivity index (χ4v) is 16.1. The van der Waals surface area contributed by atoms with Crippen LogP contribution in [0.25, 0.3) is 0 Å². The molecule has 4 N–H and O–H groups in total. The summed E-state index contributed by atoms with van der Waals surface area (Å²) in [5.41, 5.74) is 0. The molecule has 4 heterocycles. The van der Waals surface area contributed by atoms with Gasteiger partial charge in [-0.15, -0.1) is 0 Å². The number of hydrogen-bond acceptors (Lipinski definition) is 14. The van der Waals surface area contributed by atoms with Crippen LogP contribution in [0, 0.1) is 5.92 Å². The summed E-state index contributed by atoms with van der Waals surface area (Å²) in [4.78, 5) is 19.2. The highest BCUT2D eigenvalue weighted by Crippen LogP contribution is 2.35.